The highest BCUT2D eigenvalue weighted by Crippen LogP contribution is 2.24. The van der Waals surface area contributed by atoms with Gasteiger partial charge in [-0.1, -0.05) is 12.1 Å². The Morgan fingerprint density at radius 2 is 2.38 bits per heavy atom. The molecule has 0 bridgehead atoms. The highest BCUT2D eigenvalue weighted by molar-refractivity contribution is 5.89. The lowest BCUT2D eigenvalue weighted by Gasteiger charge is -2.17. The van der Waals surface area contributed by atoms with Crippen LogP contribution in [0.15, 0.2) is 18.2 Å². The first-order valence-corrected chi connectivity index (χ1v) is 3.77. The number of hydrogen-bond donors (Lipinski definition) is 1. The Balaban J connectivity index is 2.54. The van der Waals surface area contributed by atoms with Crippen molar-refractivity contribution in [1.82, 2.24) is 0 Å². The van der Waals surface area contributed by atoms with Crippen molar-refractivity contribution in [3.05, 3.63) is 29.3 Å². The number of nitrogens with one attached hydrogen (secondary N) is 1. The van der Waals surface area contributed by atoms with Gasteiger partial charge in [-0.2, -0.15) is 5.26 Å². The van der Waals surface area contributed by atoms with Gasteiger partial charge >= 0.3 is 6.09 Å². The molecule has 0 unspecified atom stereocenters. The second kappa shape index (κ2) is 2.79. The van der Waals surface area contributed by atoms with Crippen molar-refractivity contribution in [3.63, 3.8) is 0 Å². The van der Waals surface area contributed by atoms with Gasteiger partial charge in [0.05, 0.1) is 11.3 Å². The molecular weight excluding hydrogens is 168 g/mol. The van der Waals surface area contributed by atoms with Crippen LogP contribution in [0.1, 0.15) is 11.1 Å². The second-order valence-corrected chi connectivity index (χ2v) is 2.65. The first-order valence-electron chi connectivity index (χ1n) is 3.77. The summed E-state index contributed by atoms with van der Waals surface area (Å²) in [5, 5.41) is 11.2. The topological polar surface area (TPSA) is 62.1 Å². The fraction of sp³-hybridized carbons (Fsp3) is 0.111. The van der Waals surface area contributed by atoms with Crippen molar-refractivity contribution < 1.29 is 9.53 Å². The molecule has 1 aliphatic rings. The molecule has 0 spiro atoms. The lowest BCUT2D eigenvalue weighted by molar-refractivity contribution is 0.151. The zero-order chi connectivity index (χ0) is 9.26. The fourth-order valence-corrected chi connectivity index (χ4v) is 1.24. The highest BCUT2D eigenvalue weighted by atomic mass is 16.5. The number of fused-ring (bicyclic) bond motifs is 1. The van der Waals surface area contributed by atoms with E-state index < -0.39 is 6.09 Å². The molecule has 13 heavy (non-hydrogen) atoms. The molecular formula is C9H6N2O2. The van der Waals surface area contributed by atoms with Crippen LogP contribution in [0.3, 0.4) is 0 Å². The molecule has 0 atom stereocenters. The number of carbonyl (C=O) groups is 1. The zero-order valence-electron chi connectivity index (χ0n) is 6.70. The van der Waals surface area contributed by atoms with Crippen molar-refractivity contribution in [2.75, 3.05) is 5.32 Å². The van der Waals surface area contributed by atoms with E-state index in [0.29, 0.717) is 11.3 Å². The molecule has 1 aliphatic heterocycles. The van der Waals surface area contributed by atoms with Crippen LogP contribution < -0.4 is 5.32 Å². The van der Waals surface area contributed by atoms with Crippen molar-refractivity contribution >= 4 is 11.8 Å². The molecule has 0 saturated carbocycles. The number of nitrogens with zero attached hydrogens (tertiary/aromatic N) is 1. The van der Waals surface area contributed by atoms with Crippen molar-refractivity contribution in [1.29, 1.82) is 5.26 Å². The van der Waals surface area contributed by atoms with E-state index in [4.69, 9.17) is 10.00 Å². The molecule has 4 nitrogen and oxygen atoms in total. The van der Waals surface area contributed by atoms with Crippen LogP contribution in [0.2, 0.25) is 0 Å². The van der Waals surface area contributed by atoms with Gasteiger partial charge in [-0.25, -0.2) is 4.79 Å². The van der Waals surface area contributed by atoms with Gasteiger partial charge in [0.1, 0.15) is 12.7 Å². The summed E-state index contributed by atoms with van der Waals surface area (Å²) in [6.07, 6.45) is -0.504. The average Bonchev–Trinajstić information content (AvgIpc) is 2.17. The van der Waals surface area contributed by atoms with Gasteiger partial charge in [-0.3, -0.25) is 5.32 Å². The minimum atomic E-state index is -0.504. The number of carbonyl (C=O) groups excluding carboxylic acids is 1. The maximum absolute atomic E-state index is 10.9. The molecule has 0 fully saturated rings. The molecule has 1 heterocycles. The van der Waals surface area contributed by atoms with E-state index in [9.17, 15) is 4.79 Å². The Hall–Kier alpha value is -2.02. The van der Waals surface area contributed by atoms with Gasteiger partial charge < -0.3 is 4.74 Å². The number of cyclic esters (lactones) is 1. The van der Waals surface area contributed by atoms with Crippen LogP contribution in [-0.2, 0) is 11.3 Å². The molecule has 2 rings (SSSR count). The lowest BCUT2D eigenvalue weighted by Crippen LogP contribution is -2.21. The van der Waals surface area contributed by atoms with Crippen molar-refractivity contribution in [3.8, 4) is 6.07 Å². The molecule has 0 aliphatic carbocycles. The van der Waals surface area contributed by atoms with E-state index in [1.165, 1.54) is 0 Å². The Bertz CT molecular complexity index is 407. The van der Waals surface area contributed by atoms with Gasteiger partial charge in [-0.05, 0) is 6.07 Å². The Kier molecular flexibility index (Phi) is 1.64. The SMILES string of the molecule is N#Cc1cccc2c1NC(=O)OC2. The minimum absolute atomic E-state index is 0.233. The van der Waals surface area contributed by atoms with Crippen molar-refractivity contribution in [2.45, 2.75) is 6.61 Å². The predicted octanol–water partition coefficient (Wildman–Crippen LogP) is 1.62. The summed E-state index contributed by atoms with van der Waals surface area (Å²) >= 11 is 0. The summed E-state index contributed by atoms with van der Waals surface area (Å²) in [5.74, 6) is 0. The summed E-state index contributed by atoms with van der Waals surface area (Å²) in [6, 6.07) is 7.24. The van der Waals surface area contributed by atoms with E-state index in [1.54, 1.807) is 12.1 Å². The number of ether oxygens (including phenoxy) is 1. The molecule has 0 radical (unpaired) electrons. The number of para-hydroxylation sites is 1. The highest BCUT2D eigenvalue weighted by Gasteiger charge is 2.17. The van der Waals surface area contributed by atoms with Gasteiger partial charge in [0.25, 0.3) is 0 Å². The Morgan fingerprint density at radius 1 is 1.54 bits per heavy atom. The van der Waals surface area contributed by atoms with Crippen LogP contribution in [0.5, 0.6) is 0 Å². The largest absolute Gasteiger partial charge is 0.444 e. The van der Waals surface area contributed by atoms with Crippen molar-refractivity contribution in [2.24, 2.45) is 0 Å². The van der Waals surface area contributed by atoms with Crippen LogP contribution in [-0.4, -0.2) is 6.09 Å². The van der Waals surface area contributed by atoms with Gasteiger partial charge in [0.2, 0.25) is 0 Å². The van der Waals surface area contributed by atoms with E-state index >= 15 is 0 Å². The monoisotopic (exact) mass is 174 g/mol. The maximum Gasteiger partial charge on any atom is 0.412 e. The van der Waals surface area contributed by atoms with E-state index in [-0.39, 0.29) is 6.61 Å². The van der Waals surface area contributed by atoms with E-state index in [1.807, 2.05) is 12.1 Å². The van der Waals surface area contributed by atoms with E-state index in [0.717, 1.165) is 5.56 Å². The summed E-state index contributed by atoms with van der Waals surface area (Å²) in [5.41, 5.74) is 1.87. The normalized spacial score (nSPS) is 13.6. The number of rotatable bonds is 0. The third-order valence-corrected chi connectivity index (χ3v) is 1.86. The third kappa shape index (κ3) is 1.20. The lowest BCUT2D eigenvalue weighted by atomic mass is 10.1. The Morgan fingerprint density at radius 3 is 3.15 bits per heavy atom. The van der Waals surface area contributed by atoms with Crippen LogP contribution in [0.4, 0.5) is 10.5 Å². The molecule has 1 N–H and O–H groups in total. The molecule has 0 aromatic heterocycles. The number of nitriles is 1. The fourth-order valence-electron chi connectivity index (χ4n) is 1.24. The van der Waals surface area contributed by atoms with Gasteiger partial charge in [-0.15, -0.1) is 0 Å². The van der Waals surface area contributed by atoms with E-state index in [2.05, 4.69) is 5.32 Å². The smallest absolute Gasteiger partial charge is 0.412 e. The van der Waals surface area contributed by atoms with Crippen LogP contribution in [0.25, 0.3) is 0 Å². The van der Waals surface area contributed by atoms with Gasteiger partial charge in [0.15, 0.2) is 0 Å². The number of hydrogen-bond acceptors (Lipinski definition) is 3. The number of amides is 1. The molecule has 1 aromatic rings. The Labute approximate surface area is 74.7 Å². The quantitative estimate of drug-likeness (QED) is 0.650. The summed E-state index contributed by atoms with van der Waals surface area (Å²) in [6.45, 7) is 0.233. The molecule has 1 amide bonds. The number of benzene rings is 1. The molecule has 4 heteroatoms. The van der Waals surface area contributed by atoms with Gasteiger partial charge in [0, 0.05) is 5.56 Å². The van der Waals surface area contributed by atoms with Crippen LogP contribution >= 0.6 is 0 Å². The maximum atomic E-state index is 10.9. The predicted molar refractivity (Wildman–Crippen MR) is 45.0 cm³/mol. The molecule has 0 saturated heterocycles. The number of anilines is 1. The average molecular weight is 174 g/mol. The third-order valence-electron chi connectivity index (χ3n) is 1.86. The molecule has 64 valence electrons. The summed E-state index contributed by atoms with van der Waals surface area (Å²) < 4.78 is 4.74. The minimum Gasteiger partial charge on any atom is -0.444 e. The van der Waals surface area contributed by atoms with Crippen LogP contribution in [0, 0.1) is 11.3 Å². The zero-order valence-corrected chi connectivity index (χ0v) is 6.70. The standard InChI is InChI=1S/C9H6N2O2/c10-4-6-2-1-3-7-5-13-9(12)11-8(6)7/h1-3H,5H2,(H,11,12). The second-order valence-electron chi connectivity index (χ2n) is 2.65. The molecule has 1 aromatic carbocycles. The summed E-state index contributed by atoms with van der Waals surface area (Å²) in [7, 11) is 0. The summed E-state index contributed by atoms with van der Waals surface area (Å²) in [4.78, 5) is 10.9. The first-order chi connectivity index (χ1) is 6.31. The first kappa shape index (κ1) is 7.62.